The highest BCUT2D eigenvalue weighted by Gasteiger charge is 2.54. The molecule has 0 N–H and O–H groups in total. The van der Waals surface area contributed by atoms with Gasteiger partial charge in [-0.15, -0.1) is 0 Å². The number of rotatable bonds is 6. The smallest absolute Gasteiger partial charge is 0.338 e. The van der Waals surface area contributed by atoms with Gasteiger partial charge in [-0.3, -0.25) is 4.79 Å². The maximum absolute atomic E-state index is 13.9. The zero-order chi connectivity index (χ0) is 25.3. The summed E-state index contributed by atoms with van der Waals surface area (Å²) in [6.45, 7) is 1.75. The average Bonchev–Trinajstić information content (AvgIpc) is 3.00. The molecule has 1 saturated heterocycles. The summed E-state index contributed by atoms with van der Waals surface area (Å²) in [5.41, 5.74) is 0.791. The molecule has 1 aliphatic rings. The Bertz CT molecular complexity index is 1290. The molecule has 1 fully saturated rings. The SMILES string of the molecule is COC(=O)c1ccccc1CN1C(=O)N(c2cc(Cl)cc(Cl)c2)C(=O)[C@@]1(C)Cc1ccc(Br)cc1. The monoisotopic (exact) mass is 574 g/mol. The Balaban J connectivity index is 1.81. The Morgan fingerprint density at radius 1 is 1.00 bits per heavy atom. The summed E-state index contributed by atoms with van der Waals surface area (Å²) in [5, 5.41) is 0.606. The number of amides is 3. The molecule has 9 heteroatoms. The van der Waals surface area contributed by atoms with Gasteiger partial charge in [0, 0.05) is 27.5 Å². The second-order valence-corrected chi connectivity index (χ2v) is 10.2. The maximum Gasteiger partial charge on any atom is 0.338 e. The van der Waals surface area contributed by atoms with Gasteiger partial charge < -0.3 is 9.64 Å². The number of halogens is 3. The third-order valence-electron chi connectivity index (χ3n) is 6.00. The van der Waals surface area contributed by atoms with Gasteiger partial charge >= 0.3 is 12.0 Å². The lowest BCUT2D eigenvalue weighted by atomic mass is 9.90. The van der Waals surface area contributed by atoms with Crippen LogP contribution in [0.25, 0.3) is 0 Å². The van der Waals surface area contributed by atoms with E-state index in [1.54, 1.807) is 31.2 Å². The predicted molar refractivity (Wildman–Crippen MR) is 139 cm³/mol. The van der Waals surface area contributed by atoms with Crippen molar-refractivity contribution in [3.63, 3.8) is 0 Å². The second kappa shape index (κ2) is 10.0. The fraction of sp³-hybridized carbons (Fsp3) is 0.192. The number of hydrogen-bond acceptors (Lipinski definition) is 4. The Hall–Kier alpha value is -2.87. The summed E-state index contributed by atoms with van der Waals surface area (Å²) in [5.74, 6) is -0.939. The first-order chi connectivity index (χ1) is 16.6. The van der Waals surface area contributed by atoms with Crippen molar-refractivity contribution < 1.29 is 19.1 Å². The Kier molecular flexibility index (Phi) is 7.22. The Morgan fingerprint density at radius 2 is 1.63 bits per heavy atom. The molecule has 3 amide bonds. The minimum atomic E-state index is -1.25. The highest BCUT2D eigenvalue weighted by Crippen LogP contribution is 2.38. The van der Waals surface area contributed by atoms with Gasteiger partial charge in [0.1, 0.15) is 5.54 Å². The first-order valence-electron chi connectivity index (χ1n) is 10.7. The summed E-state index contributed by atoms with van der Waals surface area (Å²) in [6.07, 6.45) is 0.260. The third-order valence-corrected chi connectivity index (χ3v) is 6.97. The number of methoxy groups -OCH3 is 1. The summed E-state index contributed by atoms with van der Waals surface area (Å²) in [7, 11) is 1.30. The zero-order valence-electron chi connectivity index (χ0n) is 18.9. The van der Waals surface area contributed by atoms with Crippen molar-refractivity contribution >= 4 is 62.7 Å². The number of hydrogen-bond donors (Lipinski definition) is 0. The molecule has 0 spiro atoms. The standard InChI is InChI=1S/C26H21BrCl2N2O4/c1-26(14-16-7-9-18(27)10-8-16)24(33)31(21-12-19(28)11-20(29)13-21)25(34)30(26)15-17-5-3-4-6-22(17)23(32)35-2/h3-13H,14-15H2,1-2H3/t26-/m1/s1. The third kappa shape index (κ3) is 4.94. The Labute approximate surface area is 221 Å². The van der Waals surface area contributed by atoms with Gasteiger partial charge in [0.25, 0.3) is 5.91 Å². The van der Waals surface area contributed by atoms with Crippen molar-refractivity contribution in [1.29, 1.82) is 0 Å². The van der Waals surface area contributed by atoms with E-state index in [4.69, 9.17) is 27.9 Å². The number of benzene rings is 3. The predicted octanol–water partition coefficient (Wildman–Crippen LogP) is 6.51. The quantitative estimate of drug-likeness (QED) is 0.248. The summed E-state index contributed by atoms with van der Waals surface area (Å²) in [4.78, 5) is 42.6. The fourth-order valence-corrected chi connectivity index (χ4v) is 5.00. The van der Waals surface area contributed by atoms with E-state index >= 15 is 0 Å². The molecule has 1 aliphatic heterocycles. The van der Waals surface area contributed by atoms with Crippen molar-refractivity contribution in [3.8, 4) is 0 Å². The van der Waals surface area contributed by atoms with E-state index in [1.165, 1.54) is 30.2 Å². The molecule has 0 aliphatic carbocycles. The molecule has 1 atom stereocenters. The fourth-order valence-electron chi connectivity index (χ4n) is 4.22. The molecule has 3 aromatic carbocycles. The van der Waals surface area contributed by atoms with Gasteiger partial charge in [0.05, 0.1) is 18.4 Å². The number of carbonyl (C=O) groups excluding carboxylic acids is 3. The van der Waals surface area contributed by atoms with Crippen LogP contribution in [-0.2, 0) is 22.5 Å². The lowest BCUT2D eigenvalue weighted by molar-refractivity contribution is -0.124. The maximum atomic E-state index is 13.9. The van der Waals surface area contributed by atoms with Gasteiger partial charge in [-0.2, -0.15) is 0 Å². The van der Waals surface area contributed by atoms with E-state index in [-0.39, 0.29) is 18.7 Å². The molecule has 3 aromatic rings. The molecule has 0 unspecified atom stereocenters. The number of ether oxygens (including phenoxy) is 1. The van der Waals surface area contributed by atoms with E-state index in [0.29, 0.717) is 21.2 Å². The van der Waals surface area contributed by atoms with Gasteiger partial charge in [-0.1, -0.05) is 69.5 Å². The molecule has 0 aromatic heterocycles. The van der Waals surface area contributed by atoms with E-state index in [1.807, 2.05) is 24.3 Å². The molecule has 0 radical (unpaired) electrons. The molecule has 0 saturated carbocycles. The van der Waals surface area contributed by atoms with Crippen molar-refractivity contribution in [3.05, 3.63) is 97.9 Å². The molecule has 35 heavy (non-hydrogen) atoms. The lowest BCUT2D eigenvalue weighted by Crippen LogP contribution is -2.48. The second-order valence-electron chi connectivity index (χ2n) is 8.36. The summed E-state index contributed by atoms with van der Waals surface area (Å²) < 4.78 is 5.81. The summed E-state index contributed by atoms with van der Waals surface area (Å²) in [6, 6.07) is 18.4. The van der Waals surface area contributed by atoms with E-state index in [0.717, 1.165) is 14.9 Å². The molecular weight excluding hydrogens is 555 g/mol. The van der Waals surface area contributed by atoms with Crippen LogP contribution in [0.5, 0.6) is 0 Å². The van der Waals surface area contributed by atoms with E-state index < -0.39 is 23.4 Å². The van der Waals surface area contributed by atoms with Gasteiger partial charge in [0.15, 0.2) is 0 Å². The van der Waals surface area contributed by atoms with E-state index in [9.17, 15) is 14.4 Å². The molecule has 0 bridgehead atoms. The topological polar surface area (TPSA) is 66.9 Å². The van der Waals surface area contributed by atoms with Gasteiger partial charge in [0.2, 0.25) is 0 Å². The van der Waals surface area contributed by atoms with Crippen molar-refractivity contribution in [2.75, 3.05) is 12.0 Å². The number of imide groups is 1. The lowest BCUT2D eigenvalue weighted by Gasteiger charge is -2.32. The van der Waals surface area contributed by atoms with Gasteiger partial charge in [-0.05, 0) is 54.4 Å². The first kappa shape index (κ1) is 25.2. The van der Waals surface area contributed by atoms with Crippen LogP contribution in [-0.4, -0.2) is 35.5 Å². The highest BCUT2D eigenvalue weighted by molar-refractivity contribution is 9.10. The first-order valence-corrected chi connectivity index (χ1v) is 12.2. The zero-order valence-corrected chi connectivity index (χ0v) is 22.0. The molecule has 180 valence electrons. The molecule has 6 nitrogen and oxygen atoms in total. The minimum Gasteiger partial charge on any atom is -0.465 e. The van der Waals surface area contributed by atoms with Crippen molar-refractivity contribution in [2.24, 2.45) is 0 Å². The molecule has 4 rings (SSSR count). The van der Waals surface area contributed by atoms with Crippen molar-refractivity contribution in [2.45, 2.75) is 25.4 Å². The largest absolute Gasteiger partial charge is 0.465 e. The normalized spacial score (nSPS) is 17.7. The number of urea groups is 1. The molecule has 1 heterocycles. The van der Waals surface area contributed by atoms with Crippen LogP contribution in [0.15, 0.2) is 71.2 Å². The summed E-state index contributed by atoms with van der Waals surface area (Å²) >= 11 is 15.8. The van der Waals surface area contributed by atoms with Crippen LogP contribution in [0.1, 0.15) is 28.4 Å². The van der Waals surface area contributed by atoms with Crippen LogP contribution in [0.2, 0.25) is 10.0 Å². The highest BCUT2D eigenvalue weighted by atomic mass is 79.9. The van der Waals surface area contributed by atoms with Gasteiger partial charge in [-0.25, -0.2) is 14.5 Å². The minimum absolute atomic E-state index is 0.0215. The number of carbonyl (C=O) groups is 3. The van der Waals surface area contributed by atoms with E-state index in [2.05, 4.69) is 15.9 Å². The average molecular weight is 576 g/mol. The van der Waals surface area contributed by atoms with Crippen LogP contribution >= 0.6 is 39.1 Å². The van der Waals surface area contributed by atoms with Crippen LogP contribution < -0.4 is 4.90 Å². The number of esters is 1. The van der Waals surface area contributed by atoms with Crippen LogP contribution in [0.3, 0.4) is 0 Å². The number of nitrogens with zero attached hydrogens (tertiary/aromatic N) is 2. The Morgan fingerprint density at radius 3 is 2.26 bits per heavy atom. The number of anilines is 1. The van der Waals surface area contributed by atoms with Crippen LogP contribution in [0, 0.1) is 0 Å². The van der Waals surface area contributed by atoms with Crippen LogP contribution in [0.4, 0.5) is 10.5 Å². The van der Waals surface area contributed by atoms with Crippen molar-refractivity contribution in [1.82, 2.24) is 4.90 Å². The molecular formula is C26H21BrCl2N2O4.